The monoisotopic (exact) mass is 195 g/mol. The molecule has 0 aromatic carbocycles. The highest BCUT2D eigenvalue weighted by atomic mass is 16.4. The molecule has 2 rings (SSSR count). The van der Waals surface area contributed by atoms with Crippen molar-refractivity contribution in [3.05, 3.63) is 11.5 Å². The molecule has 2 heterocycles. The van der Waals surface area contributed by atoms with Gasteiger partial charge in [-0.25, -0.2) is 15.2 Å². The zero-order chi connectivity index (χ0) is 9.97. The first-order valence-electron chi connectivity index (χ1n) is 4.05. The highest BCUT2D eigenvalue weighted by molar-refractivity contribution is 5.70. The fourth-order valence-electron chi connectivity index (χ4n) is 1.27. The lowest BCUT2D eigenvalue weighted by Crippen LogP contribution is -2.46. The van der Waals surface area contributed by atoms with E-state index in [1.165, 1.54) is 5.01 Å². The number of rotatable bonds is 1. The first-order valence-corrected chi connectivity index (χ1v) is 4.05. The van der Waals surface area contributed by atoms with Gasteiger partial charge in [0.25, 0.3) is 0 Å². The third kappa shape index (κ3) is 1.51. The van der Waals surface area contributed by atoms with Crippen LogP contribution in [0, 0.1) is 0 Å². The van der Waals surface area contributed by atoms with Gasteiger partial charge in [-0.15, -0.1) is 0 Å². The summed E-state index contributed by atoms with van der Waals surface area (Å²) in [6.45, 7) is 0.849. The van der Waals surface area contributed by atoms with E-state index < -0.39 is 6.09 Å². The molecule has 0 spiro atoms. The predicted molar refractivity (Wildman–Crippen MR) is 49.9 cm³/mol. The predicted octanol–water partition coefficient (Wildman–Crippen LogP) is -0.644. The highest BCUT2D eigenvalue weighted by Gasteiger charge is 2.20. The molecule has 3 N–H and O–H groups in total. The summed E-state index contributed by atoms with van der Waals surface area (Å²) in [6.07, 6.45) is 2.07. The molecule has 0 fully saturated rings. The molecule has 0 atom stereocenters. The van der Waals surface area contributed by atoms with Crippen molar-refractivity contribution >= 4 is 18.6 Å². The summed E-state index contributed by atoms with van der Waals surface area (Å²) < 4.78 is 0. The lowest BCUT2D eigenvalue weighted by molar-refractivity contribution is 0.162. The third-order valence-corrected chi connectivity index (χ3v) is 1.85. The summed E-state index contributed by atoms with van der Waals surface area (Å²) in [6, 6.07) is 0. The van der Waals surface area contributed by atoms with E-state index in [-0.39, 0.29) is 0 Å². The zero-order valence-corrected chi connectivity index (χ0v) is 7.27. The lowest BCUT2D eigenvalue weighted by Gasteiger charge is -2.29. The molecule has 1 amide bonds. The van der Waals surface area contributed by atoms with Crippen LogP contribution in [0.2, 0.25) is 0 Å². The van der Waals surface area contributed by atoms with Gasteiger partial charge in [-0.2, -0.15) is 0 Å². The van der Waals surface area contributed by atoms with Crippen LogP contribution >= 0.6 is 0 Å². The van der Waals surface area contributed by atoms with Gasteiger partial charge in [0, 0.05) is 6.21 Å². The van der Waals surface area contributed by atoms with Crippen LogP contribution in [0.1, 0.15) is 0 Å². The van der Waals surface area contributed by atoms with Crippen LogP contribution in [0.25, 0.3) is 0 Å². The average Bonchev–Trinajstić information content (AvgIpc) is 2.18. The first-order chi connectivity index (χ1) is 6.77. The van der Waals surface area contributed by atoms with Crippen LogP contribution in [-0.2, 0) is 0 Å². The number of carbonyl (C=O) groups is 1. The van der Waals surface area contributed by atoms with Gasteiger partial charge in [0.2, 0.25) is 0 Å². The molecule has 2 aliphatic rings. The van der Waals surface area contributed by atoms with Crippen LogP contribution in [0.3, 0.4) is 0 Å². The summed E-state index contributed by atoms with van der Waals surface area (Å²) in [4.78, 5) is 18.5. The van der Waals surface area contributed by atoms with Crippen molar-refractivity contribution in [2.45, 2.75) is 0 Å². The average molecular weight is 195 g/mol. The maximum Gasteiger partial charge on any atom is 0.423 e. The van der Waals surface area contributed by atoms with E-state index in [2.05, 4.69) is 20.7 Å². The third-order valence-electron chi connectivity index (χ3n) is 1.85. The second-order valence-corrected chi connectivity index (χ2v) is 2.75. The highest BCUT2D eigenvalue weighted by Crippen LogP contribution is 2.13. The molecule has 2 aliphatic heterocycles. The van der Waals surface area contributed by atoms with Crippen molar-refractivity contribution in [3.63, 3.8) is 0 Å². The second kappa shape index (κ2) is 3.36. The van der Waals surface area contributed by atoms with Gasteiger partial charge in [-0.05, 0) is 0 Å². The molecular formula is C7H9N5O2. The van der Waals surface area contributed by atoms with Crippen LogP contribution in [0.15, 0.2) is 21.5 Å². The number of nitrogens with zero attached hydrogens (tertiary/aromatic N) is 3. The fraction of sp³-hybridized carbons (Fsp3) is 0.286. The van der Waals surface area contributed by atoms with Crippen LogP contribution in [-0.4, -0.2) is 41.9 Å². The molecule has 0 aromatic rings. The van der Waals surface area contributed by atoms with Gasteiger partial charge >= 0.3 is 6.09 Å². The van der Waals surface area contributed by atoms with Crippen molar-refractivity contribution in [3.8, 4) is 0 Å². The summed E-state index contributed by atoms with van der Waals surface area (Å²) in [5.41, 5.74) is 3.00. The Balaban J connectivity index is 2.17. The smallest absolute Gasteiger partial charge is 0.423 e. The Labute approximate surface area is 79.8 Å². The molecule has 7 heteroatoms. The quantitative estimate of drug-likeness (QED) is 0.519. The standard InChI is InChI=1S/C7H9N5O2/c13-7(14)11-12-2-1-9-6-5(12)3-8-4-10-6/h1,4,11H,2-3H2,(H,8,10)(H,13,14). The van der Waals surface area contributed by atoms with Crippen LogP contribution < -0.4 is 10.7 Å². The van der Waals surface area contributed by atoms with Gasteiger partial charge in [0.1, 0.15) is 0 Å². The Morgan fingerprint density at radius 2 is 2.57 bits per heavy atom. The van der Waals surface area contributed by atoms with E-state index in [0.29, 0.717) is 18.9 Å². The van der Waals surface area contributed by atoms with E-state index in [0.717, 1.165) is 5.70 Å². The number of hydrazine groups is 1. The van der Waals surface area contributed by atoms with E-state index in [9.17, 15) is 4.79 Å². The normalized spacial score (nSPS) is 19.0. The van der Waals surface area contributed by atoms with Crippen molar-refractivity contribution in [2.24, 2.45) is 9.98 Å². The summed E-state index contributed by atoms with van der Waals surface area (Å²) in [7, 11) is 0. The minimum absolute atomic E-state index is 0.419. The Kier molecular flexibility index (Phi) is 2.05. The number of carboxylic acid groups (broad SMARTS) is 1. The molecule has 0 radical (unpaired) electrons. The Hall–Kier alpha value is -2.05. The van der Waals surface area contributed by atoms with Gasteiger partial charge < -0.3 is 10.4 Å². The van der Waals surface area contributed by atoms with E-state index >= 15 is 0 Å². The van der Waals surface area contributed by atoms with Crippen LogP contribution in [0.5, 0.6) is 0 Å². The molecule has 0 bridgehead atoms. The minimum Gasteiger partial charge on any atom is -0.464 e. The van der Waals surface area contributed by atoms with Gasteiger partial charge in [0.15, 0.2) is 5.82 Å². The summed E-state index contributed by atoms with van der Waals surface area (Å²) in [5.74, 6) is 0.639. The second-order valence-electron chi connectivity index (χ2n) is 2.75. The van der Waals surface area contributed by atoms with E-state index in [1.54, 1.807) is 12.6 Å². The van der Waals surface area contributed by atoms with Crippen molar-refractivity contribution in [1.82, 2.24) is 15.8 Å². The molecular weight excluding hydrogens is 186 g/mol. The number of hydrogen-bond donors (Lipinski definition) is 3. The number of hydrogen-bond acceptors (Lipinski definition) is 5. The molecule has 74 valence electrons. The van der Waals surface area contributed by atoms with Crippen molar-refractivity contribution in [2.75, 3.05) is 13.1 Å². The Morgan fingerprint density at radius 3 is 3.36 bits per heavy atom. The minimum atomic E-state index is -1.10. The van der Waals surface area contributed by atoms with E-state index in [4.69, 9.17) is 5.11 Å². The summed E-state index contributed by atoms with van der Waals surface area (Å²) >= 11 is 0. The molecule has 0 saturated carbocycles. The molecule has 0 aromatic heterocycles. The molecule has 14 heavy (non-hydrogen) atoms. The molecule has 0 aliphatic carbocycles. The topological polar surface area (TPSA) is 89.3 Å². The molecule has 0 unspecified atom stereocenters. The van der Waals surface area contributed by atoms with Gasteiger partial charge in [-0.1, -0.05) is 0 Å². The number of nitrogens with one attached hydrogen (secondary N) is 2. The zero-order valence-electron chi connectivity index (χ0n) is 7.27. The van der Waals surface area contributed by atoms with E-state index in [1.807, 2.05) is 0 Å². The Bertz CT molecular complexity index is 346. The van der Waals surface area contributed by atoms with Crippen molar-refractivity contribution < 1.29 is 9.90 Å². The lowest BCUT2D eigenvalue weighted by atomic mass is 10.3. The number of amides is 1. The van der Waals surface area contributed by atoms with Crippen molar-refractivity contribution in [1.29, 1.82) is 0 Å². The SMILES string of the molecule is O=C(O)NN1CC=NC2=C1CN=CN2. The molecule has 0 saturated heterocycles. The largest absolute Gasteiger partial charge is 0.464 e. The maximum absolute atomic E-state index is 10.5. The van der Waals surface area contributed by atoms with Gasteiger partial charge in [-0.3, -0.25) is 10.0 Å². The maximum atomic E-state index is 10.5. The molecule has 7 nitrogen and oxygen atoms in total. The number of aliphatic imine (C=N–C) groups is 2. The van der Waals surface area contributed by atoms with Crippen LogP contribution in [0.4, 0.5) is 4.79 Å². The summed E-state index contributed by atoms with van der Waals surface area (Å²) in [5, 5.41) is 12.9. The fourth-order valence-corrected chi connectivity index (χ4v) is 1.27. The Morgan fingerprint density at radius 1 is 1.71 bits per heavy atom. The van der Waals surface area contributed by atoms with Gasteiger partial charge in [0.05, 0.1) is 25.1 Å². The first kappa shape index (κ1) is 8.54.